The van der Waals surface area contributed by atoms with E-state index in [2.05, 4.69) is 160 Å². The molecule has 0 aliphatic heterocycles. The van der Waals surface area contributed by atoms with Crippen molar-refractivity contribution in [2.24, 2.45) is 0 Å². The van der Waals surface area contributed by atoms with E-state index in [4.69, 9.17) is 0 Å². The summed E-state index contributed by atoms with van der Waals surface area (Å²) in [4.78, 5) is 0. The Morgan fingerprint density at radius 3 is 1.69 bits per heavy atom. The molecule has 0 bridgehead atoms. The molecule has 0 aromatic heterocycles. The maximum atomic E-state index is 4.09. The Morgan fingerprint density at radius 2 is 1.15 bits per heavy atom. The van der Waals surface area contributed by atoms with Gasteiger partial charge in [-0.15, -0.1) is 0 Å². The molecule has 0 nitrogen and oxygen atoms in total. The van der Waals surface area contributed by atoms with Gasteiger partial charge in [-0.25, -0.2) is 0 Å². The first-order chi connectivity index (χ1) is 11.8. The number of hydrogen-bond donors (Lipinski definition) is 0. The Kier molecular flexibility index (Phi) is 6.58. The van der Waals surface area contributed by atoms with Gasteiger partial charge in [0.2, 0.25) is 0 Å². The van der Waals surface area contributed by atoms with Crippen molar-refractivity contribution >= 4 is 127 Å². The Bertz CT molecular complexity index is 932. The van der Waals surface area contributed by atoms with E-state index in [1.165, 1.54) is 16.7 Å². The van der Waals surface area contributed by atoms with Gasteiger partial charge in [-0.2, -0.15) is 0 Å². The van der Waals surface area contributed by atoms with Crippen LogP contribution in [0, 0.1) is 0 Å². The summed E-state index contributed by atoms with van der Waals surface area (Å²) in [5, 5.41) is 0. The molecule has 0 radical (unpaired) electrons. The third-order valence-electron chi connectivity index (χ3n) is 5.30. The molecule has 0 N–H and O–H groups in total. The van der Waals surface area contributed by atoms with Gasteiger partial charge in [0.05, 0.1) is 0 Å². The summed E-state index contributed by atoms with van der Waals surface area (Å²) in [6.45, 7) is 6.78. The summed E-state index contributed by atoms with van der Waals surface area (Å²) in [6, 6.07) is 6.30. The van der Waals surface area contributed by atoms with Gasteiger partial charge in [0.1, 0.15) is 3.23 Å². The average Bonchev–Trinajstić information content (AvgIpc) is 2.68. The van der Waals surface area contributed by atoms with Gasteiger partial charge in [-0.05, 0) is 125 Å². The number of hydrogen-bond acceptors (Lipinski definition) is 0. The molecule has 1 aliphatic carbocycles. The average molecular weight is 868 g/mol. The Labute approximate surface area is 221 Å². The van der Waals surface area contributed by atoms with E-state index in [1.807, 2.05) is 6.07 Å². The van der Waals surface area contributed by atoms with E-state index in [-0.39, 0.29) is 10.8 Å². The zero-order valence-electron chi connectivity index (χ0n) is 13.8. The Morgan fingerprint density at radius 1 is 0.654 bits per heavy atom. The van der Waals surface area contributed by atoms with Crippen molar-refractivity contribution in [3.05, 3.63) is 61.7 Å². The molecule has 1 aliphatic rings. The van der Waals surface area contributed by atoms with Crippen LogP contribution in [0.15, 0.2) is 45.0 Å². The predicted octanol–water partition coefficient (Wildman–Crippen LogP) is 10.3. The lowest BCUT2D eigenvalue weighted by atomic mass is 9.74. The second-order valence-electron chi connectivity index (χ2n) is 6.93. The second kappa shape index (κ2) is 7.45. The maximum Gasteiger partial charge on any atom is 0.103 e. The molecule has 8 heteroatoms. The first-order valence-corrected chi connectivity index (χ1v) is 13.8. The van der Waals surface area contributed by atoms with Crippen LogP contribution in [-0.2, 0) is 10.8 Å². The number of fused-ring (bicyclic) bond motifs is 1. The van der Waals surface area contributed by atoms with Gasteiger partial charge in [0.25, 0.3) is 0 Å². The summed E-state index contributed by atoms with van der Waals surface area (Å²) in [7, 11) is 0. The Hall–Kier alpha value is 2.28. The topological polar surface area (TPSA) is 0 Å². The zero-order valence-corrected chi connectivity index (χ0v) is 26.4. The third-order valence-corrected chi connectivity index (χ3v) is 15.7. The minimum absolute atomic E-state index is 0.219. The highest BCUT2D eigenvalue weighted by atomic mass is 79.9. The number of benzene rings is 2. The van der Waals surface area contributed by atoms with Gasteiger partial charge < -0.3 is 0 Å². The fraction of sp³-hybridized carbons (Fsp3) is 0.333. The molecule has 0 amide bonds. The lowest BCUT2D eigenvalue weighted by Gasteiger charge is -2.43. The zero-order chi connectivity index (χ0) is 19.8. The molecule has 3 rings (SSSR count). The van der Waals surface area contributed by atoms with Gasteiger partial charge in [-0.1, -0.05) is 57.8 Å². The summed E-state index contributed by atoms with van der Waals surface area (Å²) >= 11 is 30.8. The molecule has 2 aromatic rings. The standard InChI is InChI=1S/C18H12Br8/c1-16(2)9-10(13(22)15(24)14(23)12(9)21)17(3,18(16,25)26)7-5-4-6-8(19)11(7)20/h4-6H,1-3H3. The summed E-state index contributed by atoms with van der Waals surface area (Å²) < 4.78 is 5.77. The van der Waals surface area contributed by atoms with E-state index >= 15 is 0 Å². The van der Waals surface area contributed by atoms with Crippen LogP contribution >= 0.6 is 127 Å². The van der Waals surface area contributed by atoms with Crippen LogP contribution in [0.1, 0.15) is 37.5 Å². The van der Waals surface area contributed by atoms with Crippen molar-refractivity contribution in [3.8, 4) is 0 Å². The number of halogens is 8. The third kappa shape index (κ3) is 2.89. The molecule has 1 atom stereocenters. The van der Waals surface area contributed by atoms with Gasteiger partial charge in [-0.3, -0.25) is 0 Å². The van der Waals surface area contributed by atoms with Crippen molar-refractivity contribution in [1.82, 2.24) is 0 Å². The monoisotopic (exact) mass is 859 g/mol. The summed E-state index contributed by atoms with van der Waals surface area (Å²) in [5.41, 5.74) is 3.08. The van der Waals surface area contributed by atoms with Crippen LogP contribution in [0.2, 0.25) is 0 Å². The highest BCUT2D eigenvalue weighted by molar-refractivity contribution is 9.25. The fourth-order valence-corrected chi connectivity index (χ4v) is 9.08. The van der Waals surface area contributed by atoms with Crippen LogP contribution in [-0.4, -0.2) is 3.23 Å². The Balaban J connectivity index is 2.57. The SMILES string of the molecule is CC1(C)c2c(Br)c(Br)c(Br)c(Br)c2C(C)(c2cccc(Br)c2Br)C1(Br)Br. The molecule has 0 saturated carbocycles. The maximum absolute atomic E-state index is 4.09. The number of rotatable bonds is 1. The van der Waals surface area contributed by atoms with Crippen LogP contribution < -0.4 is 0 Å². The number of alkyl halides is 2. The van der Waals surface area contributed by atoms with Gasteiger partial charge >= 0.3 is 0 Å². The highest BCUT2D eigenvalue weighted by Crippen LogP contribution is 2.70. The highest BCUT2D eigenvalue weighted by Gasteiger charge is 2.65. The molecule has 2 aromatic carbocycles. The molecule has 0 spiro atoms. The largest absolute Gasteiger partial charge is 0.103 e. The first-order valence-electron chi connectivity index (χ1n) is 7.51. The molecular formula is C18H12Br8. The molecular weight excluding hydrogens is 855 g/mol. The lowest BCUT2D eigenvalue weighted by molar-refractivity contribution is 0.421. The van der Waals surface area contributed by atoms with Crippen LogP contribution in [0.25, 0.3) is 0 Å². The van der Waals surface area contributed by atoms with E-state index in [1.54, 1.807) is 0 Å². The predicted molar refractivity (Wildman–Crippen MR) is 139 cm³/mol. The van der Waals surface area contributed by atoms with Crippen LogP contribution in [0.3, 0.4) is 0 Å². The van der Waals surface area contributed by atoms with Crippen molar-refractivity contribution in [2.75, 3.05) is 0 Å². The van der Waals surface area contributed by atoms with Gasteiger partial charge in [0, 0.05) is 37.7 Å². The first kappa shape index (κ1) is 23.0. The van der Waals surface area contributed by atoms with Gasteiger partial charge in [0.15, 0.2) is 0 Å². The smallest absolute Gasteiger partial charge is 0.0704 e. The normalized spacial score (nSPS) is 23.2. The second-order valence-corrected chi connectivity index (χ2v) is 15.2. The van der Waals surface area contributed by atoms with E-state index in [9.17, 15) is 0 Å². The fourth-order valence-electron chi connectivity index (χ4n) is 3.82. The molecule has 0 heterocycles. The molecule has 0 saturated heterocycles. The van der Waals surface area contributed by atoms with Crippen molar-refractivity contribution < 1.29 is 0 Å². The van der Waals surface area contributed by atoms with Crippen molar-refractivity contribution in [2.45, 2.75) is 34.8 Å². The van der Waals surface area contributed by atoms with Crippen molar-refractivity contribution in [1.29, 1.82) is 0 Å². The van der Waals surface area contributed by atoms with E-state index in [0.717, 1.165) is 26.8 Å². The van der Waals surface area contributed by atoms with E-state index in [0.29, 0.717) is 0 Å². The minimum atomic E-state index is -0.420. The minimum Gasteiger partial charge on any atom is -0.0704 e. The summed E-state index contributed by atoms with van der Waals surface area (Å²) in [5.74, 6) is 0. The van der Waals surface area contributed by atoms with E-state index < -0.39 is 3.23 Å². The van der Waals surface area contributed by atoms with Crippen molar-refractivity contribution in [3.63, 3.8) is 0 Å². The van der Waals surface area contributed by atoms with Crippen LogP contribution in [0.4, 0.5) is 0 Å². The molecule has 0 fully saturated rings. The molecule has 140 valence electrons. The molecule has 26 heavy (non-hydrogen) atoms. The summed E-state index contributed by atoms with van der Waals surface area (Å²) in [6.07, 6.45) is 0. The lowest BCUT2D eigenvalue weighted by Crippen LogP contribution is -2.46. The molecule has 1 unspecified atom stereocenters. The van der Waals surface area contributed by atoms with Crippen LogP contribution in [0.5, 0.6) is 0 Å². The quantitative estimate of drug-likeness (QED) is 0.152.